The molecule has 1 atom stereocenters. The van der Waals surface area contributed by atoms with E-state index in [-0.39, 0.29) is 11.9 Å². The number of nitrogens with zero attached hydrogens (tertiary/aromatic N) is 3. The number of aromatic nitrogens is 2. The average molecular weight is 327 g/mol. The van der Waals surface area contributed by atoms with Crippen molar-refractivity contribution in [2.45, 2.75) is 19.8 Å². The minimum Gasteiger partial charge on any atom is -0.490 e. The zero-order chi connectivity index (χ0) is 16.8. The summed E-state index contributed by atoms with van der Waals surface area (Å²) in [6.45, 7) is 3.84. The van der Waals surface area contributed by atoms with Crippen molar-refractivity contribution < 1.29 is 14.3 Å². The van der Waals surface area contributed by atoms with Gasteiger partial charge in [0.05, 0.1) is 12.5 Å². The predicted molar refractivity (Wildman–Crippen MR) is 90.2 cm³/mol. The van der Waals surface area contributed by atoms with Gasteiger partial charge in [0.15, 0.2) is 11.5 Å². The molecule has 0 radical (unpaired) electrons. The third kappa shape index (κ3) is 3.82. The fourth-order valence-electron chi connectivity index (χ4n) is 2.81. The Morgan fingerprint density at radius 1 is 1.21 bits per heavy atom. The maximum Gasteiger partial charge on any atom is 0.316 e. The molecule has 24 heavy (non-hydrogen) atoms. The molecule has 1 unspecified atom stereocenters. The zero-order valence-corrected chi connectivity index (χ0v) is 13.7. The molecule has 1 saturated heterocycles. The lowest BCUT2D eigenvalue weighted by Gasteiger charge is -2.31. The van der Waals surface area contributed by atoms with Crippen molar-refractivity contribution in [3.05, 3.63) is 42.7 Å². The standard InChI is InChI=1S/C18H21N3O3/c1-2-23-15-8-3-4-9-16(15)24-17(22)14-7-5-12-21(13-14)18-19-10-6-11-20-18/h3-4,6,8-11,14H,2,5,7,12-13H2,1H3. The van der Waals surface area contributed by atoms with Gasteiger partial charge in [-0.05, 0) is 38.0 Å². The summed E-state index contributed by atoms with van der Waals surface area (Å²) >= 11 is 0. The first kappa shape index (κ1) is 16.2. The summed E-state index contributed by atoms with van der Waals surface area (Å²) in [5.41, 5.74) is 0. The van der Waals surface area contributed by atoms with Gasteiger partial charge in [-0.2, -0.15) is 0 Å². The summed E-state index contributed by atoms with van der Waals surface area (Å²) in [7, 11) is 0. The number of rotatable bonds is 5. The minimum atomic E-state index is -0.234. The molecule has 0 saturated carbocycles. The number of carbonyl (C=O) groups is 1. The number of carbonyl (C=O) groups excluding carboxylic acids is 1. The molecule has 3 rings (SSSR count). The molecule has 0 bridgehead atoms. The van der Waals surface area contributed by atoms with E-state index in [2.05, 4.69) is 9.97 Å². The highest BCUT2D eigenvalue weighted by Gasteiger charge is 2.29. The van der Waals surface area contributed by atoms with E-state index in [0.29, 0.717) is 30.6 Å². The number of ether oxygens (including phenoxy) is 2. The summed E-state index contributed by atoms with van der Waals surface area (Å²) in [5.74, 6) is 1.29. The largest absolute Gasteiger partial charge is 0.490 e. The first-order valence-electron chi connectivity index (χ1n) is 8.23. The van der Waals surface area contributed by atoms with E-state index >= 15 is 0 Å². The van der Waals surface area contributed by atoms with Crippen molar-refractivity contribution in [1.82, 2.24) is 9.97 Å². The summed E-state index contributed by atoms with van der Waals surface area (Å²) in [4.78, 5) is 23.1. The van der Waals surface area contributed by atoms with Crippen LogP contribution in [0, 0.1) is 5.92 Å². The van der Waals surface area contributed by atoms with Gasteiger partial charge in [-0.1, -0.05) is 12.1 Å². The van der Waals surface area contributed by atoms with Gasteiger partial charge in [0.2, 0.25) is 5.95 Å². The van der Waals surface area contributed by atoms with Crippen molar-refractivity contribution in [3.8, 4) is 11.5 Å². The second kappa shape index (κ2) is 7.77. The molecule has 6 nitrogen and oxygen atoms in total. The first-order valence-corrected chi connectivity index (χ1v) is 8.23. The van der Waals surface area contributed by atoms with Gasteiger partial charge in [0.1, 0.15) is 0 Å². The molecule has 0 amide bonds. The summed E-state index contributed by atoms with van der Waals surface area (Å²) in [6.07, 6.45) is 5.13. The van der Waals surface area contributed by atoms with E-state index < -0.39 is 0 Å². The van der Waals surface area contributed by atoms with Gasteiger partial charge in [-0.3, -0.25) is 4.79 Å². The number of esters is 1. The Balaban J connectivity index is 1.67. The molecule has 2 aromatic rings. The quantitative estimate of drug-likeness (QED) is 0.621. The highest BCUT2D eigenvalue weighted by Crippen LogP contribution is 2.28. The molecule has 1 fully saturated rings. The molecule has 1 aromatic heterocycles. The Morgan fingerprint density at radius 3 is 2.71 bits per heavy atom. The van der Waals surface area contributed by atoms with Crippen LogP contribution in [0.2, 0.25) is 0 Å². The van der Waals surface area contributed by atoms with Crippen molar-refractivity contribution in [2.24, 2.45) is 5.92 Å². The van der Waals surface area contributed by atoms with Crippen LogP contribution >= 0.6 is 0 Å². The lowest BCUT2D eigenvalue weighted by atomic mass is 9.98. The normalized spacial score (nSPS) is 17.4. The predicted octanol–water partition coefficient (Wildman–Crippen LogP) is 2.70. The Morgan fingerprint density at radius 2 is 1.96 bits per heavy atom. The molecule has 0 aliphatic carbocycles. The number of hydrogen-bond acceptors (Lipinski definition) is 6. The molecule has 1 aromatic carbocycles. The summed E-state index contributed by atoms with van der Waals surface area (Å²) in [6, 6.07) is 9.03. The number of para-hydroxylation sites is 2. The van der Waals surface area contributed by atoms with Gasteiger partial charge in [0.25, 0.3) is 0 Å². The monoisotopic (exact) mass is 327 g/mol. The van der Waals surface area contributed by atoms with Crippen LogP contribution in [0.4, 0.5) is 5.95 Å². The van der Waals surface area contributed by atoms with E-state index in [9.17, 15) is 4.79 Å². The third-order valence-electron chi connectivity index (χ3n) is 3.95. The lowest BCUT2D eigenvalue weighted by molar-refractivity contribution is -0.139. The second-order valence-electron chi connectivity index (χ2n) is 5.63. The fraction of sp³-hybridized carbons (Fsp3) is 0.389. The first-order chi connectivity index (χ1) is 11.8. The molecule has 126 valence electrons. The zero-order valence-electron chi connectivity index (χ0n) is 13.7. The molecular weight excluding hydrogens is 306 g/mol. The van der Waals surface area contributed by atoms with Crippen LogP contribution < -0.4 is 14.4 Å². The smallest absolute Gasteiger partial charge is 0.316 e. The van der Waals surface area contributed by atoms with Gasteiger partial charge in [0, 0.05) is 25.5 Å². The van der Waals surface area contributed by atoms with Crippen LogP contribution in [0.3, 0.4) is 0 Å². The molecule has 1 aliphatic heterocycles. The molecule has 6 heteroatoms. The number of anilines is 1. The maximum atomic E-state index is 12.6. The third-order valence-corrected chi connectivity index (χ3v) is 3.95. The highest BCUT2D eigenvalue weighted by atomic mass is 16.6. The van der Waals surface area contributed by atoms with Crippen molar-refractivity contribution in [3.63, 3.8) is 0 Å². The second-order valence-corrected chi connectivity index (χ2v) is 5.63. The summed E-state index contributed by atoms with van der Waals surface area (Å²) in [5, 5.41) is 0. The highest BCUT2D eigenvalue weighted by molar-refractivity contribution is 5.76. The van der Waals surface area contributed by atoms with Gasteiger partial charge >= 0.3 is 5.97 Å². The van der Waals surface area contributed by atoms with Crippen LogP contribution in [-0.4, -0.2) is 35.6 Å². The van der Waals surface area contributed by atoms with Crippen molar-refractivity contribution in [1.29, 1.82) is 0 Å². The van der Waals surface area contributed by atoms with Crippen LogP contribution in [0.1, 0.15) is 19.8 Å². The molecular formula is C18H21N3O3. The Bertz CT molecular complexity index is 678. The van der Waals surface area contributed by atoms with Crippen LogP contribution in [-0.2, 0) is 4.79 Å². The van der Waals surface area contributed by atoms with Gasteiger partial charge < -0.3 is 14.4 Å². The van der Waals surface area contributed by atoms with E-state index in [0.717, 1.165) is 19.4 Å². The topological polar surface area (TPSA) is 64.6 Å². The lowest BCUT2D eigenvalue weighted by Crippen LogP contribution is -2.41. The Hall–Kier alpha value is -2.63. The van der Waals surface area contributed by atoms with Gasteiger partial charge in [-0.15, -0.1) is 0 Å². The van der Waals surface area contributed by atoms with Crippen molar-refractivity contribution >= 4 is 11.9 Å². The van der Waals surface area contributed by atoms with Crippen molar-refractivity contribution in [2.75, 3.05) is 24.6 Å². The minimum absolute atomic E-state index is 0.197. The Kier molecular flexibility index (Phi) is 5.25. The molecule has 2 heterocycles. The molecule has 0 spiro atoms. The molecule has 1 aliphatic rings. The van der Waals surface area contributed by atoms with E-state index in [1.54, 1.807) is 30.6 Å². The van der Waals surface area contributed by atoms with E-state index in [1.165, 1.54) is 0 Å². The number of piperidine rings is 1. The fourth-order valence-corrected chi connectivity index (χ4v) is 2.81. The SMILES string of the molecule is CCOc1ccccc1OC(=O)C1CCCN(c2ncccn2)C1. The average Bonchev–Trinajstić information content (AvgIpc) is 2.64. The van der Waals surface area contributed by atoms with Crippen LogP contribution in [0.25, 0.3) is 0 Å². The maximum absolute atomic E-state index is 12.6. The molecule has 0 N–H and O–H groups in total. The van der Waals surface area contributed by atoms with Gasteiger partial charge in [-0.25, -0.2) is 9.97 Å². The number of benzene rings is 1. The summed E-state index contributed by atoms with van der Waals surface area (Å²) < 4.78 is 11.1. The van der Waals surface area contributed by atoms with E-state index in [1.807, 2.05) is 24.0 Å². The van der Waals surface area contributed by atoms with Crippen LogP contribution in [0.15, 0.2) is 42.7 Å². The van der Waals surface area contributed by atoms with Crippen LogP contribution in [0.5, 0.6) is 11.5 Å². The number of hydrogen-bond donors (Lipinski definition) is 0. The van der Waals surface area contributed by atoms with E-state index in [4.69, 9.17) is 9.47 Å². The Labute approximate surface area is 141 Å².